The number of benzene rings is 9. The zero-order valence-corrected chi connectivity index (χ0v) is 40.3. The Kier molecular flexibility index (Phi) is 8.97. The molecule has 2 aliphatic carbocycles. The molecule has 71 heavy (non-hydrogen) atoms. The molecule has 1 aliphatic heterocycles. The van der Waals surface area contributed by atoms with E-state index < -0.39 is 5.41 Å². The molecule has 11 aromatic rings. The van der Waals surface area contributed by atoms with E-state index in [1.54, 1.807) is 0 Å². The molecular weight excluding hydrogens is 863 g/mol. The van der Waals surface area contributed by atoms with Gasteiger partial charge in [0.2, 0.25) is 0 Å². The van der Waals surface area contributed by atoms with Crippen LogP contribution in [0.4, 0.5) is 34.1 Å². The van der Waals surface area contributed by atoms with Gasteiger partial charge in [0.25, 0.3) is 0 Å². The van der Waals surface area contributed by atoms with Gasteiger partial charge in [-0.25, -0.2) is 4.98 Å². The standard InChI is InChI=1S/C66H51N5/c1-65(2,3)45-36-37-67-61(38-45)71-59-35-19-32-55-62(59)63-56(66(55)53-30-13-11-26-51(53)52-27-12-14-31-54(52)66)40-48(41-60(63)71)68(4)46-24-17-25-47(39-46)69-42-70(58-34-16-15-33-57(58)69)64-49(43-20-7-5-8-21-43)28-18-29-50(64)44-22-9-6-10-23-44/h5-41H,42H2,1-4H3. The van der Waals surface area contributed by atoms with E-state index in [4.69, 9.17) is 4.98 Å². The average Bonchev–Trinajstić information content (AvgIpc) is 4.17. The van der Waals surface area contributed by atoms with Gasteiger partial charge in [-0.3, -0.25) is 4.57 Å². The van der Waals surface area contributed by atoms with Crippen LogP contribution in [0.1, 0.15) is 48.6 Å². The van der Waals surface area contributed by atoms with Crippen LogP contribution in [0.15, 0.2) is 225 Å². The minimum atomic E-state index is -0.481. The van der Waals surface area contributed by atoms with Gasteiger partial charge in [-0.15, -0.1) is 0 Å². The highest BCUT2D eigenvalue weighted by Gasteiger charge is 2.52. The zero-order valence-electron chi connectivity index (χ0n) is 40.3. The Bertz CT molecular complexity index is 3830. The molecule has 3 aliphatic rings. The van der Waals surface area contributed by atoms with Crippen LogP contribution in [0.2, 0.25) is 0 Å². The van der Waals surface area contributed by atoms with Crippen molar-refractivity contribution in [1.82, 2.24) is 9.55 Å². The van der Waals surface area contributed by atoms with E-state index in [0.29, 0.717) is 6.67 Å². The molecule has 0 fully saturated rings. The Balaban J connectivity index is 0.939. The van der Waals surface area contributed by atoms with Gasteiger partial charge in [-0.2, -0.15) is 0 Å². The van der Waals surface area contributed by atoms with Crippen molar-refractivity contribution in [2.45, 2.75) is 31.6 Å². The summed E-state index contributed by atoms with van der Waals surface area (Å²) in [6.07, 6.45) is 1.98. The van der Waals surface area contributed by atoms with E-state index in [2.05, 4.69) is 265 Å². The molecule has 2 aromatic heterocycles. The lowest BCUT2D eigenvalue weighted by atomic mass is 9.70. The Morgan fingerprint density at radius 2 is 1.03 bits per heavy atom. The van der Waals surface area contributed by atoms with Crippen molar-refractivity contribution >= 4 is 55.9 Å². The average molecular weight is 914 g/mol. The van der Waals surface area contributed by atoms with Crippen molar-refractivity contribution in [1.29, 1.82) is 0 Å². The molecule has 0 atom stereocenters. The van der Waals surface area contributed by atoms with Crippen LogP contribution >= 0.6 is 0 Å². The van der Waals surface area contributed by atoms with Gasteiger partial charge in [0.1, 0.15) is 12.5 Å². The maximum Gasteiger partial charge on any atom is 0.137 e. The molecule has 14 rings (SSSR count). The van der Waals surface area contributed by atoms with Crippen molar-refractivity contribution < 1.29 is 0 Å². The number of anilines is 6. The molecule has 0 amide bonds. The van der Waals surface area contributed by atoms with E-state index >= 15 is 0 Å². The monoisotopic (exact) mass is 913 g/mol. The fourth-order valence-corrected chi connectivity index (χ4v) is 12.4. The summed E-state index contributed by atoms with van der Waals surface area (Å²) in [6.45, 7) is 7.49. The number of fused-ring (bicyclic) bond motifs is 8. The largest absolute Gasteiger partial charge is 0.344 e. The maximum absolute atomic E-state index is 5.13. The van der Waals surface area contributed by atoms with Gasteiger partial charge < -0.3 is 14.7 Å². The van der Waals surface area contributed by atoms with Gasteiger partial charge in [-0.1, -0.05) is 178 Å². The van der Waals surface area contributed by atoms with Gasteiger partial charge >= 0.3 is 0 Å². The fraction of sp³-hybridized carbons (Fsp3) is 0.106. The highest BCUT2D eigenvalue weighted by molar-refractivity contribution is 6.19. The van der Waals surface area contributed by atoms with Crippen molar-refractivity contribution in [2.75, 3.05) is 28.4 Å². The van der Waals surface area contributed by atoms with Crippen LogP contribution in [0.3, 0.4) is 0 Å². The second-order valence-electron chi connectivity index (χ2n) is 20.4. The Morgan fingerprint density at radius 1 is 0.465 bits per heavy atom. The lowest BCUT2D eigenvalue weighted by molar-refractivity contribution is 0.588. The Labute approximate surface area is 415 Å². The number of nitrogens with zero attached hydrogens (tertiary/aromatic N) is 5. The Morgan fingerprint density at radius 3 is 1.70 bits per heavy atom. The molecule has 0 bridgehead atoms. The molecule has 0 unspecified atom stereocenters. The summed E-state index contributed by atoms with van der Waals surface area (Å²) in [5.74, 6) is 0.937. The van der Waals surface area contributed by atoms with E-state index in [-0.39, 0.29) is 5.41 Å². The lowest BCUT2D eigenvalue weighted by Crippen LogP contribution is -2.27. The molecule has 340 valence electrons. The van der Waals surface area contributed by atoms with Gasteiger partial charge in [0.15, 0.2) is 0 Å². The number of hydrogen-bond donors (Lipinski definition) is 0. The van der Waals surface area contributed by atoms with Crippen LogP contribution < -0.4 is 14.7 Å². The quantitative estimate of drug-likeness (QED) is 0.159. The third-order valence-corrected chi connectivity index (χ3v) is 15.6. The number of hydrogen-bond acceptors (Lipinski definition) is 4. The second-order valence-corrected chi connectivity index (χ2v) is 20.4. The van der Waals surface area contributed by atoms with Crippen molar-refractivity contribution in [2.24, 2.45) is 0 Å². The van der Waals surface area contributed by atoms with Gasteiger partial charge in [0, 0.05) is 52.2 Å². The third kappa shape index (κ3) is 5.96. The van der Waals surface area contributed by atoms with Crippen LogP contribution in [0.5, 0.6) is 0 Å². The second kappa shape index (κ2) is 15.4. The molecule has 1 spiro atoms. The summed E-state index contributed by atoms with van der Waals surface area (Å²) < 4.78 is 2.42. The summed E-state index contributed by atoms with van der Waals surface area (Å²) >= 11 is 0. The molecule has 0 N–H and O–H groups in total. The zero-order chi connectivity index (χ0) is 47.6. The van der Waals surface area contributed by atoms with E-state index in [0.717, 1.165) is 28.4 Å². The first-order chi connectivity index (χ1) is 34.8. The Hall–Kier alpha value is -8.67. The summed E-state index contributed by atoms with van der Waals surface area (Å²) in [7, 11) is 2.23. The minimum absolute atomic E-state index is 0.0378. The number of pyridine rings is 1. The number of rotatable bonds is 7. The normalized spacial score (nSPS) is 13.9. The van der Waals surface area contributed by atoms with E-state index in [1.807, 2.05) is 6.20 Å². The molecule has 9 aromatic carbocycles. The topological polar surface area (TPSA) is 27.5 Å². The molecule has 0 saturated carbocycles. The predicted octanol–water partition coefficient (Wildman–Crippen LogP) is 16.5. The third-order valence-electron chi connectivity index (χ3n) is 15.6. The minimum Gasteiger partial charge on any atom is -0.344 e. The van der Waals surface area contributed by atoms with E-state index in [9.17, 15) is 0 Å². The highest BCUT2D eigenvalue weighted by Crippen LogP contribution is 2.64. The van der Waals surface area contributed by atoms with Crippen LogP contribution in [0, 0.1) is 0 Å². The number of aromatic nitrogens is 2. The van der Waals surface area contributed by atoms with Gasteiger partial charge in [0.05, 0.1) is 33.5 Å². The van der Waals surface area contributed by atoms with Gasteiger partial charge in [-0.05, 0) is 116 Å². The highest BCUT2D eigenvalue weighted by atomic mass is 15.4. The fourth-order valence-electron chi connectivity index (χ4n) is 12.4. The smallest absolute Gasteiger partial charge is 0.137 e. The summed E-state index contributed by atoms with van der Waals surface area (Å²) in [6, 6.07) is 80.8. The molecule has 0 radical (unpaired) electrons. The lowest BCUT2D eigenvalue weighted by Gasteiger charge is -2.33. The first-order valence-electron chi connectivity index (χ1n) is 24.8. The maximum atomic E-state index is 5.13. The molecule has 3 heterocycles. The van der Waals surface area contributed by atoms with Crippen LogP contribution in [-0.4, -0.2) is 23.3 Å². The first-order valence-corrected chi connectivity index (χ1v) is 24.8. The predicted molar refractivity (Wildman–Crippen MR) is 296 cm³/mol. The van der Waals surface area contributed by atoms with Crippen molar-refractivity contribution in [3.05, 3.63) is 252 Å². The molecule has 5 heteroatoms. The van der Waals surface area contributed by atoms with Crippen LogP contribution in [-0.2, 0) is 10.8 Å². The van der Waals surface area contributed by atoms with Crippen LogP contribution in [0.25, 0.3) is 61.0 Å². The summed E-state index contributed by atoms with van der Waals surface area (Å²) in [5.41, 5.74) is 22.7. The van der Waals surface area contributed by atoms with Crippen molar-refractivity contribution in [3.8, 4) is 39.2 Å². The SMILES string of the molecule is CN(c1cccc(N2CN(c3c(-c4ccccc4)cccc3-c3ccccc3)c3ccccc32)c1)c1cc2c3c4c(cccc4n(-c4cc(C(C)(C)C)ccn4)c3c1)C21c2ccccc2-c2ccccc21. The summed E-state index contributed by atoms with van der Waals surface area (Å²) in [5, 5.41) is 2.61. The first kappa shape index (κ1) is 41.3. The van der Waals surface area contributed by atoms with E-state index in [1.165, 1.54) is 94.5 Å². The number of para-hydroxylation sites is 3. The molecule has 5 nitrogen and oxygen atoms in total. The summed E-state index contributed by atoms with van der Waals surface area (Å²) in [4.78, 5) is 12.5. The molecule has 0 saturated heterocycles. The van der Waals surface area contributed by atoms with Crippen molar-refractivity contribution in [3.63, 3.8) is 0 Å². The molecular formula is C66H51N5.